The van der Waals surface area contributed by atoms with Crippen LogP contribution in [0.4, 0.5) is 0 Å². The van der Waals surface area contributed by atoms with Crippen LogP contribution >= 0.6 is 11.8 Å². The van der Waals surface area contributed by atoms with Gasteiger partial charge in [0.15, 0.2) is 0 Å². The summed E-state index contributed by atoms with van der Waals surface area (Å²) in [7, 11) is 0. The molecule has 2 nitrogen and oxygen atoms in total. The Morgan fingerprint density at radius 3 is 2.44 bits per heavy atom. The molecule has 0 aliphatic carbocycles. The van der Waals surface area contributed by atoms with E-state index in [4.69, 9.17) is 5.11 Å². The van der Waals surface area contributed by atoms with E-state index in [0.717, 1.165) is 16.2 Å². The van der Waals surface area contributed by atoms with Crippen molar-refractivity contribution in [3.8, 4) is 0 Å². The molecule has 0 amide bonds. The highest BCUT2D eigenvalue weighted by molar-refractivity contribution is 7.98. The summed E-state index contributed by atoms with van der Waals surface area (Å²) in [5, 5.41) is 8.76. The van der Waals surface area contributed by atoms with Crippen molar-refractivity contribution < 1.29 is 9.90 Å². The van der Waals surface area contributed by atoms with Crippen LogP contribution in [0.3, 0.4) is 0 Å². The first-order valence-electron chi connectivity index (χ1n) is 5.71. The van der Waals surface area contributed by atoms with E-state index >= 15 is 0 Å². The summed E-state index contributed by atoms with van der Waals surface area (Å²) >= 11 is 1.72. The van der Waals surface area contributed by atoms with Gasteiger partial charge in [0.25, 0.3) is 0 Å². The third-order valence-corrected chi connectivity index (χ3v) is 3.57. The maximum atomic E-state index is 10.7. The summed E-state index contributed by atoms with van der Waals surface area (Å²) in [6, 6.07) is 17.9. The van der Waals surface area contributed by atoms with Gasteiger partial charge in [0.1, 0.15) is 0 Å². The Hall–Kier alpha value is -1.74. The Bertz CT molecular complexity index is 523. The minimum Gasteiger partial charge on any atom is -0.481 e. The van der Waals surface area contributed by atoms with Gasteiger partial charge in [0.05, 0.1) is 6.42 Å². The second kappa shape index (κ2) is 6.26. The predicted molar refractivity (Wildman–Crippen MR) is 73.8 cm³/mol. The quantitative estimate of drug-likeness (QED) is 0.832. The first-order chi connectivity index (χ1) is 8.74. The lowest BCUT2D eigenvalue weighted by Crippen LogP contribution is -1.99. The summed E-state index contributed by atoms with van der Waals surface area (Å²) in [6.45, 7) is 0. The maximum absolute atomic E-state index is 10.7. The van der Waals surface area contributed by atoms with Gasteiger partial charge in [-0.1, -0.05) is 42.5 Å². The Morgan fingerprint density at radius 2 is 1.72 bits per heavy atom. The van der Waals surface area contributed by atoms with Gasteiger partial charge in [-0.05, 0) is 23.3 Å². The molecule has 0 saturated carbocycles. The Morgan fingerprint density at radius 1 is 1.00 bits per heavy atom. The van der Waals surface area contributed by atoms with Crippen molar-refractivity contribution in [1.82, 2.24) is 0 Å². The molecule has 92 valence electrons. The van der Waals surface area contributed by atoms with E-state index in [1.165, 1.54) is 5.56 Å². The van der Waals surface area contributed by atoms with Crippen LogP contribution in [-0.4, -0.2) is 11.1 Å². The third kappa shape index (κ3) is 3.93. The van der Waals surface area contributed by atoms with Gasteiger partial charge >= 0.3 is 5.97 Å². The summed E-state index contributed by atoms with van der Waals surface area (Å²) in [5.41, 5.74) is 2.12. The molecular formula is C15H14O2S. The normalized spacial score (nSPS) is 10.2. The molecule has 0 atom stereocenters. The Labute approximate surface area is 111 Å². The van der Waals surface area contributed by atoms with Gasteiger partial charge in [-0.3, -0.25) is 4.79 Å². The first kappa shape index (κ1) is 12.7. The standard InChI is InChI=1S/C15H14O2S/c16-15(17)10-13-7-4-8-14(9-13)18-11-12-5-2-1-3-6-12/h1-9H,10-11H2,(H,16,17). The van der Waals surface area contributed by atoms with E-state index < -0.39 is 5.97 Å². The number of carboxylic acids is 1. The summed E-state index contributed by atoms with van der Waals surface area (Å²) in [4.78, 5) is 11.8. The van der Waals surface area contributed by atoms with E-state index in [1.807, 2.05) is 42.5 Å². The van der Waals surface area contributed by atoms with E-state index in [0.29, 0.717) is 0 Å². The van der Waals surface area contributed by atoms with Gasteiger partial charge in [-0.2, -0.15) is 0 Å². The van der Waals surface area contributed by atoms with E-state index in [-0.39, 0.29) is 6.42 Å². The average Bonchev–Trinajstić information content (AvgIpc) is 2.37. The molecule has 0 spiro atoms. The molecule has 0 unspecified atom stereocenters. The monoisotopic (exact) mass is 258 g/mol. The van der Waals surface area contributed by atoms with Crippen molar-refractivity contribution in [3.63, 3.8) is 0 Å². The van der Waals surface area contributed by atoms with E-state index in [1.54, 1.807) is 11.8 Å². The van der Waals surface area contributed by atoms with Crippen molar-refractivity contribution in [2.24, 2.45) is 0 Å². The molecule has 3 heteroatoms. The van der Waals surface area contributed by atoms with Crippen molar-refractivity contribution in [2.75, 3.05) is 0 Å². The number of hydrogen-bond acceptors (Lipinski definition) is 2. The molecule has 0 heterocycles. The zero-order valence-corrected chi connectivity index (χ0v) is 10.7. The van der Waals surface area contributed by atoms with Crippen molar-refractivity contribution in [3.05, 3.63) is 65.7 Å². The van der Waals surface area contributed by atoms with Gasteiger partial charge < -0.3 is 5.11 Å². The zero-order valence-electron chi connectivity index (χ0n) is 9.87. The van der Waals surface area contributed by atoms with Crippen LogP contribution in [0.5, 0.6) is 0 Å². The minimum absolute atomic E-state index is 0.0831. The van der Waals surface area contributed by atoms with Gasteiger partial charge in [-0.25, -0.2) is 0 Å². The topological polar surface area (TPSA) is 37.3 Å². The number of benzene rings is 2. The van der Waals surface area contributed by atoms with Crippen LogP contribution in [-0.2, 0) is 17.0 Å². The molecule has 0 saturated heterocycles. The zero-order chi connectivity index (χ0) is 12.8. The summed E-state index contributed by atoms with van der Waals surface area (Å²) < 4.78 is 0. The van der Waals surface area contributed by atoms with Crippen molar-refractivity contribution >= 4 is 17.7 Å². The summed E-state index contributed by atoms with van der Waals surface area (Å²) in [6.07, 6.45) is 0.0831. The fraction of sp³-hybridized carbons (Fsp3) is 0.133. The van der Waals surface area contributed by atoms with Crippen LogP contribution in [0.15, 0.2) is 59.5 Å². The highest BCUT2D eigenvalue weighted by Gasteiger charge is 2.02. The van der Waals surface area contributed by atoms with Crippen LogP contribution in [0.25, 0.3) is 0 Å². The van der Waals surface area contributed by atoms with Crippen molar-refractivity contribution in [1.29, 1.82) is 0 Å². The lowest BCUT2D eigenvalue weighted by molar-refractivity contribution is -0.136. The SMILES string of the molecule is O=C(O)Cc1cccc(SCc2ccccc2)c1. The van der Waals surface area contributed by atoms with E-state index in [9.17, 15) is 4.79 Å². The van der Waals surface area contributed by atoms with Crippen LogP contribution < -0.4 is 0 Å². The molecule has 0 bridgehead atoms. The highest BCUT2D eigenvalue weighted by atomic mass is 32.2. The number of carboxylic acid groups (broad SMARTS) is 1. The molecule has 1 N–H and O–H groups in total. The third-order valence-electron chi connectivity index (χ3n) is 2.50. The minimum atomic E-state index is -0.791. The van der Waals surface area contributed by atoms with Crippen molar-refractivity contribution in [2.45, 2.75) is 17.1 Å². The van der Waals surface area contributed by atoms with E-state index in [2.05, 4.69) is 12.1 Å². The lowest BCUT2D eigenvalue weighted by Gasteiger charge is -2.04. The van der Waals surface area contributed by atoms with Crippen LogP contribution in [0.1, 0.15) is 11.1 Å². The number of rotatable bonds is 5. The largest absolute Gasteiger partial charge is 0.481 e. The summed E-state index contributed by atoms with van der Waals surface area (Å²) in [5.74, 6) is 0.109. The smallest absolute Gasteiger partial charge is 0.307 e. The van der Waals surface area contributed by atoms with Gasteiger partial charge in [0.2, 0.25) is 0 Å². The molecule has 2 aromatic rings. The van der Waals surface area contributed by atoms with Gasteiger partial charge in [-0.15, -0.1) is 11.8 Å². The number of aliphatic carboxylic acids is 1. The molecule has 0 fully saturated rings. The fourth-order valence-corrected chi connectivity index (χ4v) is 2.60. The number of hydrogen-bond donors (Lipinski definition) is 1. The molecule has 0 aromatic heterocycles. The van der Waals surface area contributed by atoms with Crippen LogP contribution in [0.2, 0.25) is 0 Å². The number of carbonyl (C=O) groups is 1. The maximum Gasteiger partial charge on any atom is 0.307 e. The Balaban J connectivity index is 1.99. The predicted octanol–water partition coefficient (Wildman–Crippen LogP) is 3.61. The Kier molecular flexibility index (Phi) is 4.42. The lowest BCUT2D eigenvalue weighted by atomic mass is 10.2. The molecule has 0 aliphatic rings. The first-order valence-corrected chi connectivity index (χ1v) is 6.70. The fourth-order valence-electron chi connectivity index (χ4n) is 1.66. The van der Waals surface area contributed by atoms with Crippen LogP contribution in [0, 0.1) is 0 Å². The molecule has 2 rings (SSSR count). The molecule has 0 radical (unpaired) electrons. The average molecular weight is 258 g/mol. The second-order valence-electron chi connectivity index (χ2n) is 3.99. The number of thioether (sulfide) groups is 1. The van der Waals surface area contributed by atoms with Gasteiger partial charge in [0, 0.05) is 10.6 Å². The highest BCUT2D eigenvalue weighted by Crippen LogP contribution is 2.23. The molecular weight excluding hydrogens is 244 g/mol. The molecule has 0 aliphatic heterocycles. The second-order valence-corrected chi connectivity index (χ2v) is 5.04. The molecule has 18 heavy (non-hydrogen) atoms. The molecule has 2 aromatic carbocycles.